The smallest absolute Gasteiger partial charge is 0.348 e. The van der Waals surface area contributed by atoms with Crippen LogP contribution < -0.4 is 5.32 Å². The highest BCUT2D eigenvalue weighted by molar-refractivity contribution is 7.20. The summed E-state index contributed by atoms with van der Waals surface area (Å²) >= 11 is 1.20. The van der Waals surface area contributed by atoms with Crippen LogP contribution in [0.2, 0.25) is 0 Å². The number of nitrogens with one attached hydrogen (secondary N) is 1. The average molecular weight is 343 g/mol. The summed E-state index contributed by atoms with van der Waals surface area (Å²) in [4.78, 5) is 24.2. The first-order valence-corrected chi connectivity index (χ1v) is 8.06. The van der Waals surface area contributed by atoms with Gasteiger partial charge >= 0.3 is 5.97 Å². The van der Waals surface area contributed by atoms with Crippen molar-refractivity contribution in [3.8, 4) is 0 Å². The van der Waals surface area contributed by atoms with E-state index in [1.54, 1.807) is 18.2 Å². The third kappa shape index (κ3) is 3.78. The topological polar surface area (TPSA) is 55.4 Å². The van der Waals surface area contributed by atoms with Crippen molar-refractivity contribution < 1.29 is 18.7 Å². The molecule has 0 aliphatic rings. The molecule has 0 aliphatic carbocycles. The molecular weight excluding hydrogens is 329 g/mol. The monoisotopic (exact) mass is 343 g/mol. The number of benzene rings is 2. The summed E-state index contributed by atoms with van der Waals surface area (Å²) in [5, 5.41) is 3.30. The molecule has 0 saturated heterocycles. The Bertz CT molecular complexity index is 920. The van der Waals surface area contributed by atoms with E-state index in [9.17, 15) is 14.0 Å². The van der Waals surface area contributed by atoms with Gasteiger partial charge in [0.25, 0.3) is 5.91 Å². The highest BCUT2D eigenvalue weighted by Crippen LogP contribution is 2.26. The van der Waals surface area contributed by atoms with Gasteiger partial charge < -0.3 is 10.1 Å². The van der Waals surface area contributed by atoms with E-state index in [1.807, 2.05) is 25.1 Å². The van der Waals surface area contributed by atoms with Crippen LogP contribution in [0.25, 0.3) is 10.1 Å². The van der Waals surface area contributed by atoms with E-state index in [4.69, 9.17) is 4.74 Å². The van der Waals surface area contributed by atoms with E-state index >= 15 is 0 Å². The van der Waals surface area contributed by atoms with Crippen molar-refractivity contribution >= 4 is 39.0 Å². The summed E-state index contributed by atoms with van der Waals surface area (Å²) in [5.41, 5.74) is 1.66. The molecule has 0 saturated carbocycles. The molecule has 0 spiro atoms. The zero-order valence-electron chi connectivity index (χ0n) is 12.8. The van der Waals surface area contributed by atoms with E-state index in [-0.39, 0.29) is 12.4 Å². The Balaban J connectivity index is 1.60. The summed E-state index contributed by atoms with van der Waals surface area (Å²) in [6.07, 6.45) is 0. The summed E-state index contributed by atoms with van der Waals surface area (Å²) in [6, 6.07) is 13.2. The number of carbonyl (C=O) groups is 2. The number of hydrogen-bond donors (Lipinski definition) is 1. The van der Waals surface area contributed by atoms with Crippen molar-refractivity contribution in [3.63, 3.8) is 0 Å². The number of thiophene rings is 1. The van der Waals surface area contributed by atoms with E-state index < -0.39 is 11.9 Å². The molecule has 1 aromatic heterocycles. The number of fused-ring (bicyclic) bond motifs is 1. The van der Waals surface area contributed by atoms with Gasteiger partial charge in [-0.25, -0.2) is 9.18 Å². The van der Waals surface area contributed by atoms with E-state index in [0.717, 1.165) is 10.3 Å². The number of anilines is 1. The Morgan fingerprint density at radius 2 is 2.00 bits per heavy atom. The molecule has 6 heteroatoms. The van der Waals surface area contributed by atoms with Crippen molar-refractivity contribution in [2.75, 3.05) is 11.9 Å². The van der Waals surface area contributed by atoms with Crippen LogP contribution >= 0.6 is 11.3 Å². The fraction of sp³-hybridized carbons (Fsp3) is 0.111. The second kappa shape index (κ2) is 6.80. The van der Waals surface area contributed by atoms with Crippen molar-refractivity contribution in [1.29, 1.82) is 0 Å². The fourth-order valence-corrected chi connectivity index (χ4v) is 3.17. The van der Waals surface area contributed by atoms with Crippen molar-refractivity contribution in [1.82, 2.24) is 0 Å². The molecule has 24 heavy (non-hydrogen) atoms. The first-order chi connectivity index (χ1) is 11.5. The molecule has 3 aromatic rings. The molecule has 0 aliphatic heterocycles. The number of rotatable bonds is 4. The third-order valence-corrected chi connectivity index (χ3v) is 4.41. The maximum Gasteiger partial charge on any atom is 0.348 e. The molecule has 0 unspecified atom stereocenters. The van der Waals surface area contributed by atoms with E-state index in [1.165, 1.54) is 23.5 Å². The Labute approximate surface area is 141 Å². The number of carbonyl (C=O) groups excluding carboxylic acids is 2. The van der Waals surface area contributed by atoms with Gasteiger partial charge in [-0.2, -0.15) is 0 Å². The molecule has 1 amide bonds. The number of esters is 1. The van der Waals surface area contributed by atoms with Crippen LogP contribution in [0.1, 0.15) is 15.2 Å². The molecule has 0 fully saturated rings. The molecule has 1 heterocycles. The quantitative estimate of drug-likeness (QED) is 0.724. The Morgan fingerprint density at radius 3 is 2.79 bits per heavy atom. The van der Waals surface area contributed by atoms with Crippen LogP contribution in [0.5, 0.6) is 0 Å². The molecule has 0 radical (unpaired) electrons. The van der Waals surface area contributed by atoms with Crippen LogP contribution in [-0.4, -0.2) is 18.5 Å². The van der Waals surface area contributed by atoms with Gasteiger partial charge in [-0.05, 0) is 54.3 Å². The standard InChI is InChI=1S/C18H14FNO3S/c1-11-3-2-4-14(7-11)20-17(21)10-23-18(22)16-9-12-8-13(19)5-6-15(12)24-16/h2-9H,10H2,1H3,(H,20,21). The van der Waals surface area contributed by atoms with E-state index in [0.29, 0.717) is 16.0 Å². The van der Waals surface area contributed by atoms with Gasteiger partial charge in [-0.3, -0.25) is 4.79 Å². The Kier molecular flexibility index (Phi) is 4.57. The molecule has 2 aromatic carbocycles. The number of aryl methyl sites for hydroxylation is 1. The lowest BCUT2D eigenvalue weighted by molar-refractivity contribution is -0.119. The van der Waals surface area contributed by atoms with Gasteiger partial charge in [0, 0.05) is 10.4 Å². The van der Waals surface area contributed by atoms with Gasteiger partial charge in [0.05, 0.1) is 0 Å². The van der Waals surface area contributed by atoms with E-state index in [2.05, 4.69) is 5.32 Å². The lowest BCUT2D eigenvalue weighted by Gasteiger charge is -2.06. The molecule has 3 rings (SSSR count). The summed E-state index contributed by atoms with van der Waals surface area (Å²) in [6.45, 7) is 1.54. The average Bonchev–Trinajstić information content (AvgIpc) is 2.95. The van der Waals surface area contributed by atoms with Gasteiger partial charge in [-0.1, -0.05) is 12.1 Å². The maximum absolute atomic E-state index is 13.2. The summed E-state index contributed by atoms with van der Waals surface area (Å²) < 4.78 is 19.0. The first kappa shape index (κ1) is 16.1. The normalized spacial score (nSPS) is 10.6. The second-order valence-corrected chi connectivity index (χ2v) is 6.37. The highest BCUT2D eigenvalue weighted by Gasteiger charge is 2.14. The number of halogens is 1. The largest absolute Gasteiger partial charge is 0.451 e. The lowest BCUT2D eigenvalue weighted by atomic mass is 10.2. The minimum Gasteiger partial charge on any atom is -0.451 e. The molecule has 0 atom stereocenters. The van der Waals surface area contributed by atoms with Crippen LogP contribution in [0.15, 0.2) is 48.5 Å². The predicted molar refractivity (Wildman–Crippen MR) is 91.9 cm³/mol. The van der Waals surface area contributed by atoms with Gasteiger partial charge in [0.2, 0.25) is 0 Å². The van der Waals surface area contributed by atoms with Crippen LogP contribution in [0, 0.1) is 12.7 Å². The minimum atomic E-state index is -0.601. The van der Waals surface area contributed by atoms with Crippen molar-refractivity contribution in [2.45, 2.75) is 6.92 Å². The zero-order valence-corrected chi connectivity index (χ0v) is 13.7. The van der Waals surface area contributed by atoms with Crippen molar-refractivity contribution in [2.24, 2.45) is 0 Å². The van der Waals surface area contributed by atoms with Crippen LogP contribution in [0.3, 0.4) is 0 Å². The highest BCUT2D eigenvalue weighted by atomic mass is 32.1. The molecule has 122 valence electrons. The molecular formula is C18H14FNO3S. The Hall–Kier alpha value is -2.73. The zero-order chi connectivity index (χ0) is 17.1. The fourth-order valence-electron chi connectivity index (χ4n) is 2.24. The summed E-state index contributed by atoms with van der Waals surface area (Å²) in [5.74, 6) is -1.38. The second-order valence-electron chi connectivity index (χ2n) is 5.29. The van der Waals surface area contributed by atoms with Crippen LogP contribution in [0.4, 0.5) is 10.1 Å². The van der Waals surface area contributed by atoms with Crippen LogP contribution in [-0.2, 0) is 9.53 Å². The SMILES string of the molecule is Cc1cccc(NC(=O)COC(=O)c2cc3cc(F)ccc3s2)c1. The number of ether oxygens (including phenoxy) is 1. The number of hydrogen-bond acceptors (Lipinski definition) is 4. The number of amides is 1. The maximum atomic E-state index is 13.2. The minimum absolute atomic E-state index is 0.332. The van der Waals surface area contributed by atoms with Gasteiger partial charge in [0.1, 0.15) is 10.7 Å². The lowest BCUT2D eigenvalue weighted by Crippen LogP contribution is -2.20. The van der Waals surface area contributed by atoms with Crippen molar-refractivity contribution in [3.05, 3.63) is 64.8 Å². The first-order valence-electron chi connectivity index (χ1n) is 7.24. The summed E-state index contributed by atoms with van der Waals surface area (Å²) in [7, 11) is 0. The van der Waals surface area contributed by atoms with Gasteiger partial charge in [-0.15, -0.1) is 11.3 Å². The molecule has 1 N–H and O–H groups in total. The molecule has 4 nitrogen and oxygen atoms in total. The third-order valence-electron chi connectivity index (χ3n) is 3.32. The molecule has 0 bridgehead atoms. The Morgan fingerprint density at radius 1 is 1.17 bits per heavy atom. The van der Waals surface area contributed by atoms with Gasteiger partial charge in [0.15, 0.2) is 6.61 Å². The predicted octanol–water partition coefficient (Wildman–Crippen LogP) is 4.14.